The zero-order valence-corrected chi connectivity index (χ0v) is 59.9. The van der Waals surface area contributed by atoms with Crippen molar-refractivity contribution < 1.29 is 32.9 Å². The Balaban J connectivity index is 4.03. The van der Waals surface area contributed by atoms with Gasteiger partial charge in [0.05, 0.1) is 39.9 Å². The lowest BCUT2D eigenvalue weighted by atomic mass is 10.0. The van der Waals surface area contributed by atoms with Crippen LogP contribution in [0, 0.1) is 0 Å². The van der Waals surface area contributed by atoms with Gasteiger partial charge < -0.3 is 19.8 Å². The highest BCUT2D eigenvalue weighted by atomic mass is 31.2. The molecule has 0 fully saturated rings. The van der Waals surface area contributed by atoms with Crippen LogP contribution < -0.4 is 5.32 Å². The quantitative estimate of drug-likeness (QED) is 0.0243. The smallest absolute Gasteiger partial charge is 0.387 e. The van der Waals surface area contributed by atoms with E-state index < -0.39 is 20.0 Å². The second-order valence-electron chi connectivity index (χ2n) is 27.7. The molecular formula is C78H152N2O6P+. The van der Waals surface area contributed by atoms with Gasteiger partial charge in [0.25, 0.3) is 0 Å². The van der Waals surface area contributed by atoms with Gasteiger partial charge in [-0.25, -0.2) is 4.57 Å². The van der Waals surface area contributed by atoms with E-state index >= 15 is 0 Å². The van der Waals surface area contributed by atoms with Gasteiger partial charge in [0, 0.05) is 6.42 Å². The molecule has 0 aliphatic rings. The monoisotopic (exact) mass is 1240 g/mol. The van der Waals surface area contributed by atoms with E-state index in [1.807, 2.05) is 27.2 Å². The van der Waals surface area contributed by atoms with Gasteiger partial charge in [-0.2, -0.15) is 0 Å². The minimum absolute atomic E-state index is 0.0547. The van der Waals surface area contributed by atoms with E-state index in [2.05, 4.69) is 55.6 Å². The predicted octanol–water partition coefficient (Wildman–Crippen LogP) is 25.0. The SMILES string of the molecule is CCCCCCCCCC/C=C\CCCCCCCCCCCCCCCCCCCCCCCCCC(=O)NC(COP(=O)(O)OCC[N+](C)(C)C)C(O)/C=C/CC/C=C/CC/C=C/CCCCCCCCCCCCCCCCCCCCCC. The van der Waals surface area contributed by atoms with Gasteiger partial charge >= 0.3 is 7.82 Å². The minimum atomic E-state index is -4.37. The van der Waals surface area contributed by atoms with Crippen molar-refractivity contribution in [1.29, 1.82) is 0 Å². The van der Waals surface area contributed by atoms with Gasteiger partial charge in [0.1, 0.15) is 13.2 Å². The molecule has 0 aliphatic carbocycles. The molecule has 3 N–H and O–H groups in total. The average molecular weight is 1250 g/mol. The lowest BCUT2D eigenvalue weighted by molar-refractivity contribution is -0.870. The van der Waals surface area contributed by atoms with Crippen molar-refractivity contribution >= 4 is 13.7 Å². The number of carbonyl (C=O) groups excluding carboxylic acids is 1. The summed E-state index contributed by atoms with van der Waals surface area (Å²) in [6.07, 6.45) is 94.5. The van der Waals surface area contributed by atoms with E-state index in [1.54, 1.807) is 6.08 Å². The fourth-order valence-corrected chi connectivity index (χ4v) is 12.5. The van der Waals surface area contributed by atoms with E-state index in [9.17, 15) is 19.4 Å². The van der Waals surface area contributed by atoms with Crippen LogP contribution in [0.1, 0.15) is 393 Å². The van der Waals surface area contributed by atoms with Crippen LogP contribution in [-0.4, -0.2) is 73.4 Å². The molecule has 8 nitrogen and oxygen atoms in total. The first-order valence-corrected chi connectivity index (χ1v) is 40.0. The number of carbonyl (C=O) groups is 1. The first kappa shape index (κ1) is 85.5. The van der Waals surface area contributed by atoms with Crippen molar-refractivity contribution in [3.8, 4) is 0 Å². The maximum absolute atomic E-state index is 13.1. The highest BCUT2D eigenvalue weighted by molar-refractivity contribution is 7.47. The summed E-state index contributed by atoms with van der Waals surface area (Å²) >= 11 is 0. The standard InChI is InChI=1S/C78H151N2O6P/c1-6-8-10-12-14-16-18-20-22-24-26-28-30-32-34-36-38-39-40-41-42-44-46-48-50-52-54-56-58-60-62-64-66-68-70-72-78(82)79-76(75-86-87(83,84)85-74-73-80(3,4)5)77(81)71-69-67-65-63-61-59-57-55-53-51-49-47-45-43-37-35-33-31-29-27-25-23-21-19-17-15-13-11-9-7-2/h24,26,53,55,61,63,69,71,76-77,81H,6-23,25,27-52,54,56-60,62,64-68,70,72-75H2,1-5H3,(H-,79,82,83,84)/p+1/b26-24-,55-53+,63-61+,71-69+. The Bertz CT molecular complexity index is 1560. The first-order chi connectivity index (χ1) is 42.5. The second kappa shape index (κ2) is 68.8. The largest absolute Gasteiger partial charge is 0.472 e. The number of unbranched alkanes of at least 4 members (excludes halogenated alkanes) is 53. The minimum Gasteiger partial charge on any atom is -0.387 e. The number of nitrogens with one attached hydrogen (secondary N) is 1. The van der Waals surface area contributed by atoms with Crippen LogP contribution in [0.3, 0.4) is 0 Å². The third-order valence-electron chi connectivity index (χ3n) is 17.7. The number of nitrogens with zero attached hydrogens (tertiary/aromatic N) is 1. The van der Waals surface area contributed by atoms with Crippen LogP contribution in [0.15, 0.2) is 48.6 Å². The van der Waals surface area contributed by atoms with E-state index in [0.717, 1.165) is 44.9 Å². The van der Waals surface area contributed by atoms with Crippen LogP contribution in [-0.2, 0) is 18.4 Å². The zero-order chi connectivity index (χ0) is 63.4. The number of hydrogen-bond acceptors (Lipinski definition) is 5. The summed E-state index contributed by atoms with van der Waals surface area (Å²) in [4.78, 5) is 23.5. The van der Waals surface area contributed by atoms with Gasteiger partial charge in [-0.3, -0.25) is 13.8 Å². The molecule has 0 aromatic heterocycles. The number of amides is 1. The molecule has 0 aliphatic heterocycles. The summed E-state index contributed by atoms with van der Waals surface area (Å²) < 4.78 is 23.8. The molecule has 0 bridgehead atoms. The number of hydrogen-bond donors (Lipinski definition) is 3. The molecule has 0 saturated carbocycles. The zero-order valence-electron chi connectivity index (χ0n) is 59.0. The molecule has 87 heavy (non-hydrogen) atoms. The molecule has 0 saturated heterocycles. The maximum atomic E-state index is 13.1. The Morgan fingerprint density at radius 3 is 0.920 bits per heavy atom. The summed E-state index contributed by atoms with van der Waals surface area (Å²) in [5.41, 5.74) is 0. The predicted molar refractivity (Wildman–Crippen MR) is 383 cm³/mol. The van der Waals surface area contributed by atoms with E-state index in [0.29, 0.717) is 17.4 Å². The summed E-state index contributed by atoms with van der Waals surface area (Å²) in [5.74, 6) is -0.183. The molecule has 0 rings (SSSR count). The Morgan fingerprint density at radius 1 is 0.379 bits per heavy atom. The van der Waals surface area contributed by atoms with Crippen molar-refractivity contribution in [2.75, 3.05) is 40.9 Å². The highest BCUT2D eigenvalue weighted by Crippen LogP contribution is 2.43. The Morgan fingerprint density at radius 2 is 0.632 bits per heavy atom. The normalized spacial score (nSPS) is 13.8. The van der Waals surface area contributed by atoms with Gasteiger partial charge in [-0.1, -0.05) is 364 Å². The van der Waals surface area contributed by atoms with Gasteiger partial charge in [-0.05, 0) is 70.6 Å². The molecule has 1 amide bonds. The van der Waals surface area contributed by atoms with Crippen LogP contribution in [0.4, 0.5) is 0 Å². The molecule has 3 atom stereocenters. The van der Waals surface area contributed by atoms with Gasteiger partial charge in [-0.15, -0.1) is 0 Å². The van der Waals surface area contributed by atoms with Crippen LogP contribution in [0.2, 0.25) is 0 Å². The van der Waals surface area contributed by atoms with Crippen molar-refractivity contribution in [2.24, 2.45) is 0 Å². The first-order valence-electron chi connectivity index (χ1n) is 38.5. The molecule has 0 radical (unpaired) electrons. The fraction of sp³-hybridized carbons (Fsp3) is 0.885. The molecule has 9 heteroatoms. The van der Waals surface area contributed by atoms with Crippen LogP contribution in [0.5, 0.6) is 0 Å². The third kappa shape index (κ3) is 71.8. The highest BCUT2D eigenvalue weighted by Gasteiger charge is 2.28. The number of quaternary nitrogens is 1. The molecule has 0 aromatic rings. The fourth-order valence-electron chi connectivity index (χ4n) is 11.8. The number of likely N-dealkylation sites (N-methyl/N-ethyl adjacent to an activating group) is 1. The summed E-state index contributed by atoms with van der Waals surface area (Å²) in [5, 5.41) is 14.0. The summed E-state index contributed by atoms with van der Waals surface area (Å²) in [7, 11) is 1.56. The van der Waals surface area contributed by atoms with Crippen molar-refractivity contribution in [3.63, 3.8) is 0 Å². The van der Waals surface area contributed by atoms with Gasteiger partial charge in [0.15, 0.2) is 0 Å². The number of aliphatic hydroxyl groups excluding tert-OH is 1. The maximum Gasteiger partial charge on any atom is 0.472 e. The summed E-state index contributed by atoms with van der Waals surface area (Å²) in [6, 6.07) is -0.871. The lowest BCUT2D eigenvalue weighted by Gasteiger charge is -2.25. The molecular weight excluding hydrogens is 1090 g/mol. The number of rotatable bonds is 72. The second-order valence-corrected chi connectivity index (χ2v) is 29.2. The topological polar surface area (TPSA) is 105 Å². The Kier molecular flexibility index (Phi) is 67.6. The number of allylic oxidation sites excluding steroid dienone is 7. The Hall–Kier alpha value is -1.54. The average Bonchev–Trinajstić information content (AvgIpc) is 3.70. The molecule has 3 unspecified atom stereocenters. The van der Waals surface area contributed by atoms with E-state index in [-0.39, 0.29) is 19.1 Å². The van der Waals surface area contributed by atoms with Crippen molar-refractivity contribution in [1.82, 2.24) is 5.32 Å². The van der Waals surface area contributed by atoms with Crippen molar-refractivity contribution in [3.05, 3.63) is 48.6 Å². The molecule has 0 aromatic carbocycles. The number of phosphoric acid groups is 1. The molecule has 0 spiro atoms. The number of phosphoric ester groups is 1. The number of aliphatic hydroxyl groups is 1. The molecule has 514 valence electrons. The third-order valence-corrected chi connectivity index (χ3v) is 18.7. The lowest BCUT2D eigenvalue weighted by Crippen LogP contribution is -2.45. The van der Waals surface area contributed by atoms with Crippen LogP contribution >= 0.6 is 7.82 Å². The van der Waals surface area contributed by atoms with E-state index in [4.69, 9.17) is 9.05 Å². The molecule has 0 heterocycles. The van der Waals surface area contributed by atoms with Gasteiger partial charge in [0.2, 0.25) is 5.91 Å². The Labute approximate surface area is 543 Å². The van der Waals surface area contributed by atoms with Crippen molar-refractivity contribution in [2.45, 2.75) is 405 Å². The summed E-state index contributed by atoms with van der Waals surface area (Å²) in [6.45, 7) is 4.85. The van der Waals surface area contributed by atoms with Crippen LogP contribution in [0.25, 0.3) is 0 Å². The van der Waals surface area contributed by atoms with E-state index in [1.165, 1.54) is 327 Å².